The van der Waals surface area contributed by atoms with Crippen molar-refractivity contribution < 1.29 is 4.74 Å². The lowest BCUT2D eigenvalue weighted by Gasteiger charge is -2.03. The van der Waals surface area contributed by atoms with Crippen LogP contribution in [0.15, 0.2) is 47.2 Å². The highest BCUT2D eigenvalue weighted by Crippen LogP contribution is 2.30. The minimum atomic E-state index is 0.539. The monoisotopic (exact) mass is 324 g/mol. The Labute approximate surface area is 136 Å². The molecule has 0 radical (unpaired) electrons. The summed E-state index contributed by atoms with van der Waals surface area (Å²) in [4.78, 5) is 5.68. The minimum absolute atomic E-state index is 0.539. The first kappa shape index (κ1) is 14.5. The molecule has 0 atom stereocenters. The average molecular weight is 324 g/mol. The van der Waals surface area contributed by atoms with E-state index in [0.29, 0.717) is 5.57 Å². The van der Waals surface area contributed by atoms with Gasteiger partial charge in [-0.05, 0) is 23.6 Å². The number of hydrogen-bond acceptors (Lipinski definition) is 5. The van der Waals surface area contributed by atoms with Crippen LogP contribution in [0.25, 0.3) is 22.2 Å². The van der Waals surface area contributed by atoms with E-state index in [1.165, 1.54) is 11.3 Å². The van der Waals surface area contributed by atoms with Gasteiger partial charge in [-0.25, -0.2) is 4.98 Å². The van der Waals surface area contributed by atoms with Crippen molar-refractivity contribution in [2.45, 2.75) is 0 Å². The Morgan fingerprint density at radius 2 is 2.09 bits per heavy atom. The highest BCUT2D eigenvalue weighted by atomic mass is 32.1. The number of thiazole rings is 1. The molecule has 0 unspecified atom stereocenters. The van der Waals surface area contributed by atoms with Crippen molar-refractivity contribution in [2.24, 2.45) is 0 Å². The smallest absolute Gasteiger partial charge is 0.134 e. The number of methoxy groups -OCH3 is 1. The molecule has 5 heteroatoms. The quantitative estimate of drug-likeness (QED) is 0.638. The number of benzene rings is 1. The number of nitrogens with zero attached hydrogens (tertiary/aromatic N) is 2. The van der Waals surface area contributed by atoms with Crippen LogP contribution in [0.3, 0.4) is 0 Å². The molecule has 2 aromatic heterocycles. The normalized spacial score (nSPS) is 11.2. The van der Waals surface area contributed by atoms with Crippen LogP contribution in [0.5, 0.6) is 5.75 Å². The van der Waals surface area contributed by atoms with E-state index in [0.717, 1.165) is 26.9 Å². The molecule has 22 heavy (non-hydrogen) atoms. The molecular weight excluding hydrogens is 312 g/mol. The molecule has 0 spiro atoms. The molecule has 3 nitrogen and oxygen atoms in total. The van der Waals surface area contributed by atoms with E-state index in [4.69, 9.17) is 4.74 Å². The molecule has 108 valence electrons. The number of para-hydroxylation sites is 1. The molecule has 0 aliphatic heterocycles. The van der Waals surface area contributed by atoms with Crippen LogP contribution in [0.2, 0.25) is 0 Å². The number of thiophene rings is 1. The van der Waals surface area contributed by atoms with Gasteiger partial charge >= 0.3 is 0 Å². The molecule has 1 aromatic carbocycles. The van der Waals surface area contributed by atoms with Crippen molar-refractivity contribution in [3.8, 4) is 22.4 Å². The zero-order valence-corrected chi connectivity index (χ0v) is 13.4. The van der Waals surface area contributed by atoms with Crippen LogP contribution in [0.4, 0.5) is 0 Å². The van der Waals surface area contributed by atoms with Crippen molar-refractivity contribution in [1.82, 2.24) is 4.98 Å². The van der Waals surface area contributed by atoms with E-state index in [2.05, 4.69) is 11.1 Å². The van der Waals surface area contributed by atoms with Gasteiger partial charge in [0.15, 0.2) is 0 Å². The lowest BCUT2D eigenvalue weighted by molar-refractivity contribution is 0.414. The molecular formula is C17H12N2OS2. The number of allylic oxidation sites excluding steroid dienone is 1. The highest BCUT2D eigenvalue weighted by molar-refractivity contribution is 7.14. The maximum absolute atomic E-state index is 9.45. The first-order valence-corrected chi connectivity index (χ1v) is 8.32. The van der Waals surface area contributed by atoms with E-state index in [9.17, 15) is 5.26 Å². The molecule has 2 heterocycles. The molecule has 0 saturated heterocycles. The topological polar surface area (TPSA) is 45.9 Å². The Hall–Kier alpha value is -2.42. The molecule has 3 rings (SSSR count). The summed E-state index contributed by atoms with van der Waals surface area (Å²) in [5, 5.41) is 14.2. The van der Waals surface area contributed by atoms with Crippen LogP contribution in [0, 0.1) is 11.3 Å². The number of hydrogen-bond donors (Lipinski definition) is 0. The lowest BCUT2D eigenvalue weighted by Crippen LogP contribution is -1.87. The van der Waals surface area contributed by atoms with Crippen molar-refractivity contribution in [3.63, 3.8) is 0 Å². The van der Waals surface area contributed by atoms with Gasteiger partial charge in [0.2, 0.25) is 0 Å². The number of ether oxygens (including phenoxy) is 1. The van der Waals surface area contributed by atoms with E-state index in [1.807, 2.05) is 53.2 Å². The molecule has 0 aliphatic carbocycles. The fraction of sp³-hybridized carbons (Fsp3) is 0.0588. The second-order valence-corrected chi connectivity index (χ2v) is 6.23. The Kier molecular flexibility index (Phi) is 4.33. The Balaban J connectivity index is 1.98. The second kappa shape index (κ2) is 6.56. The van der Waals surface area contributed by atoms with Gasteiger partial charge in [-0.2, -0.15) is 5.26 Å². The van der Waals surface area contributed by atoms with Crippen LogP contribution in [0.1, 0.15) is 10.6 Å². The summed E-state index contributed by atoms with van der Waals surface area (Å²) in [7, 11) is 1.62. The van der Waals surface area contributed by atoms with Crippen LogP contribution < -0.4 is 4.74 Å². The maximum Gasteiger partial charge on any atom is 0.134 e. The van der Waals surface area contributed by atoms with Crippen LogP contribution in [-0.4, -0.2) is 12.1 Å². The molecule has 0 amide bonds. The first-order chi connectivity index (χ1) is 10.8. The molecule has 3 aromatic rings. The van der Waals surface area contributed by atoms with E-state index >= 15 is 0 Å². The van der Waals surface area contributed by atoms with Gasteiger partial charge in [0, 0.05) is 10.9 Å². The van der Waals surface area contributed by atoms with Crippen molar-refractivity contribution >= 4 is 34.3 Å². The third kappa shape index (κ3) is 2.93. The fourth-order valence-electron chi connectivity index (χ4n) is 2.02. The average Bonchev–Trinajstić information content (AvgIpc) is 3.23. The molecule has 0 N–H and O–H groups in total. The predicted molar refractivity (Wildman–Crippen MR) is 91.9 cm³/mol. The van der Waals surface area contributed by atoms with Crippen molar-refractivity contribution in [1.29, 1.82) is 5.26 Å². The highest BCUT2D eigenvalue weighted by Gasteiger charge is 2.10. The van der Waals surface area contributed by atoms with Gasteiger partial charge in [-0.15, -0.1) is 22.7 Å². The second-order valence-electron chi connectivity index (χ2n) is 4.43. The van der Waals surface area contributed by atoms with Crippen molar-refractivity contribution in [2.75, 3.05) is 7.11 Å². The van der Waals surface area contributed by atoms with Gasteiger partial charge in [0.05, 0.1) is 23.3 Å². The van der Waals surface area contributed by atoms with Gasteiger partial charge < -0.3 is 4.74 Å². The van der Waals surface area contributed by atoms with Crippen LogP contribution >= 0.6 is 22.7 Å². The first-order valence-electron chi connectivity index (χ1n) is 6.56. The predicted octanol–water partition coefficient (Wildman–Crippen LogP) is 4.94. The van der Waals surface area contributed by atoms with E-state index < -0.39 is 0 Å². The summed E-state index contributed by atoms with van der Waals surface area (Å²) in [6.45, 7) is 0. The lowest BCUT2D eigenvalue weighted by atomic mass is 10.1. The zero-order chi connectivity index (χ0) is 15.4. The number of rotatable bonds is 4. The standard InChI is InChI=1S/C17H12N2OS2/c1-20-15-6-3-2-5-12(15)9-13(10-18)17-19-14(11-22-17)16-7-4-8-21-16/h2-9,11H,1H3/b13-9-. The van der Waals surface area contributed by atoms with E-state index in [1.54, 1.807) is 18.4 Å². The molecule has 0 bridgehead atoms. The minimum Gasteiger partial charge on any atom is -0.496 e. The summed E-state index contributed by atoms with van der Waals surface area (Å²) in [5.41, 5.74) is 2.32. The van der Waals surface area contributed by atoms with Gasteiger partial charge in [-0.1, -0.05) is 24.3 Å². The summed E-state index contributed by atoms with van der Waals surface area (Å²) in [6, 6.07) is 13.9. The zero-order valence-electron chi connectivity index (χ0n) is 11.8. The Morgan fingerprint density at radius 3 is 2.82 bits per heavy atom. The largest absolute Gasteiger partial charge is 0.496 e. The Morgan fingerprint density at radius 1 is 1.23 bits per heavy atom. The number of nitriles is 1. The van der Waals surface area contributed by atoms with Crippen molar-refractivity contribution in [3.05, 3.63) is 57.7 Å². The third-order valence-electron chi connectivity index (χ3n) is 3.07. The molecule has 0 saturated carbocycles. The molecule has 0 aliphatic rings. The summed E-state index contributed by atoms with van der Waals surface area (Å²) >= 11 is 3.12. The van der Waals surface area contributed by atoms with Crippen LogP contribution in [-0.2, 0) is 0 Å². The summed E-state index contributed by atoms with van der Waals surface area (Å²) in [6.07, 6.45) is 1.82. The summed E-state index contributed by atoms with van der Waals surface area (Å²) < 4.78 is 5.32. The van der Waals surface area contributed by atoms with Gasteiger partial charge in [0.1, 0.15) is 16.8 Å². The SMILES string of the molecule is COc1ccccc1/C=C(/C#N)c1nc(-c2cccs2)cs1. The molecule has 0 fully saturated rings. The Bertz CT molecular complexity index is 842. The summed E-state index contributed by atoms with van der Waals surface area (Å²) in [5.74, 6) is 0.741. The van der Waals surface area contributed by atoms with Gasteiger partial charge in [0.25, 0.3) is 0 Å². The third-order valence-corrected chi connectivity index (χ3v) is 4.84. The van der Waals surface area contributed by atoms with E-state index in [-0.39, 0.29) is 0 Å². The number of aromatic nitrogens is 1. The fourth-order valence-corrected chi connectivity index (χ4v) is 3.56. The maximum atomic E-state index is 9.45. The van der Waals surface area contributed by atoms with Gasteiger partial charge in [-0.3, -0.25) is 0 Å².